The molecular weight excluding hydrogens is 184 g/mol. The van der Waals surface area contributed by atoms with Gasteiger partial charge in [0.2, 0.25) is 0 Å². The van der Waals surface area contributed by atoms with Crippen LogP contribution < -0.4 is 0 Å². The van der Waals surface area contributed by atoms with Crippen molar-refractivity contribution in [3.8, 4) is 0 Å². The normalized spacial score (nSPS) is 31.3. The maximum absolute atomic E-state index is 9.30. The molecule has 1 heteroatoms. The van der Waals surface area contributed by atoms with Crippen molar-refractivity contribution < 1.29 is 5.11 Å². The second-order valence-electron chi connectivity index (χ2n) is 5.27. The van der Waals surface area contributed by atoms with E-state index in [9.17, 15) is 5.11 Å². The Kier molecular flexibility index (Phi) is 2.59. The summed E-state index contributed by atoms with van der Waals surface area (Å²) in [5.74, 6) is 1.23. The van der Waals surface area contributed by atoms with Gasteiger partial charge in [-0.25, -0.2) is 0 Å². The summed E-state index contributed by atoms with van der Waals surface area (Å²) >= 11 is 0. The zero-order chi connectivity index (χ0) is 11.1. The molecule has 1 N–H and O–H groups in total. The zero-order valence-corrected chi connectivity index (χ0v) is 9.83. The second-order valence-corrected chi connectivity index (χ2v) is 5.27. The Labute approximate surface area is 92.1 Å². The maximum Gasteiger partial charge on any atom is 0.0487 e. The van der Waals surface area contributed by atoms with E-state index < -0.39 is 0 Å². The van der Waals surface area contributed by atoms with Gasteiger partial charge in [0.25, 0.3) is 0 Å². The van der Waals surface area contributed by atoms with E-state index >= 15 is 0 Å². The van der Waals surface area contributed by atoms with Crippen molar-refractivity contribution in [1.82, 2.24) is 0 Å². The van der Waals surface area contributed by atoms with Crippen LogP contribution in [0.2, 0.25) is 0 Å². The van der Waals surface area contributed by atoms with Gasteiger partial charge >= 0.3 is 0 Å². The molecular formula is C14H20O. The van der Waals surface area contributed by atoms with Gasteiger partial charge in [0.15, 0.2) is 0 Å². The van der Waals surface area contributed by atoms with Gasteiger partial charge in [0.05, 0.1) is 0 Å². The Morgan fingerprint density at radius 1 is 1.47 bits per heavy atom. The van der Waals surface area contributed by atoms with E-state index in [2.05, 4.69) is 45.0 Å². The molecule has 15 heavy (non-hydrogen) atoms. The molecule has 1 fully saturated rings. The second kappa shape index (κ2) is 3.64. The average Bonchev–Trinajstić information content (AvgIpc) is 2.92. The lowest BCUT2D eigenvalue weighted by atomic mass is 9.89. The number of hydrogen-bond acceptors (Lipinski definition) is 1. The van der Waals surface area contributed by atoms with Gasteiger partial charge in [-0.1, -0.05) is 38.1 Å². The quantitative estimate of drug-likeness (QED) is 0.802. The molecule has 1 aromatic carbocycles. The summed E-state index contributed by atoms with van der Waals surface area (Å²) in [4.78, 5) is 0. The smallest absolute Gasteiger partial charge is 0.0487 e. The molecule has 0 bridgehead atoms. The van der Waals surface area contributed by atoms with Gasteiger partial charge in [-0.3, -0.25) is 0 Å². The molecule has 1 nitrogen and oxygen atoms in total. The molecule has 1 aliphatic rings. The molecule has 0 spiro atoms. The van der Waals surface area contributed by atoms with Gasteiger partial charge in [0, 0.05) is 6.61 Å². The number of benzene rings is 1. The summed E-state index contributed by atoms with van der Waals surface area (Å²) in [7, 11) is 0. The monoisotopic (exact) mass is 204 g/mol. The number of aliphatic hydroxyl groups is 1. The molecule has 0 aromatic heterocycles. The molecule has 0 aliphatic heterocycles. The van der Waals surface area contributed by atoms with Crippen molar-refractivity contribution in [2.45, 2.75) is 33.1 Å². The van der Waals surface area contributed by atoms with Gasteiger partial charge in [-0.05, 0) is 41.7 Å². The van der Waals surface area contributed by atoms with Crippen molar-refractivity contribution >= 4 is 0 Å². The van der Waals surface area contributed by atoms with Crippen molar-refractivity contribution in [3.63, 3.8) is 0 Å². The van der Waals surface area contributed by atoms with E-state index in [-0.39, 0.29) is 5.41 Å². The topological polar surface area (TPSA) is 20.2 Å². The fourth-order valence-electron chi connectivity index (χ4n) is 2.72. The van der Waals surface area contributed by atoms with E-state index in [1.807, 2.05) is 0 Å². The van der Waals surface area contributed by atoms with Crippen LogP contribution >= 0.6 is 0 Å². The number of rotatable bonds is 3. The molecule has 0 amide bonds. The van der Waals surface area contributed by atoms with Crippen LogP contribution in [0.3, 0.4) is 0 Å². The average molecular weight is 204 g/mol. The predicted molar refractivity (Wildman–Crippen MR) is 62.9 cm³/mol. The van der Waals surface area contributed by atoms with Crippen LogP contribution in [0.1, 0.15) is 37.3 Å². The van der Waals surface area contributed by atoms with Crippen LogP contribution in [-0.4, -0.2) is 11.7 Å². The first-order chi connectivity index (χ1) is 7.08. The summed E-state index contributed by atoms with van der Waals surface area (Å²) < 4.78 is 0. The lowest BCUT2D eigenvalue weighted by Gasteiger charge is -2.17. The summed E-state index contributed by atoms with van der Waals surface area (Å²) in [6.45, 7) is 6.97. The molecule has 0 radical (unpaired) electrons. The highest BCUT2D eigenvalue weighted by molar-refractivity contribution is 5.31. The fourth-order valence-corrected chi connectivity index (χ4v) is 2.72. The van der Waals surface area contributed by atoms with E-state index in [0.717, 1.165) is 0 Å². The third-order valence-electron chi connectivity index (χ3n) is 4.07. The number of aliphatic hydroxyl groups excluding tert-OH is 1. The standard InChI is InChI=1S/C14H20O/c1-10-6-4-5-7-12(10)11(2)13-8-14(13,3)9-15/h4-7,11,13,15H,8-9H2,1-3H3/t11-,13-,14+/m0/s1. The largest absolute Gasteiger partial charge is 0.396 e. The highest BCUT2D eigenvalue weighted by atomic mass is 16.3. The van der Waals surface area contributed by atoms with E-state index in [1.165, 1.54) is 17.5 Å². The van der Waals surface area contributed by atoms with Gasteiger partial charge in [-0.15, -0.1) is 0 Å². The molecule has 1 saturated carbocycles. The lowest BCUT2D eigenvalue weighted by molar-refractivity contribution is 0.207. The molecule has 82 valence electrons. The van der Waals surface area contributed by atoms with Crippen molar-refractivity contribution in [3.05, 3.63) is 35.4 Å². The Morgan fingerprint density at radius 3 is 2.67 bits per heavy atom. The van der Waals surface area contributed by atoms with Crippen molar-refractivity contribution in [2.75, 3.05) is 6.61 Å². The van der Waals surface area contributed by atoms with Crippen LogP contribution in [0, 0.1) is 18.3 Å². The van der Waals surface area contributed by atoms with Crippen LogP contribution in [0.15, 0.2) is 24.3 Å². The highest BCUT2D eigenvalue weighted by Crippen LogP contribution is 2.58. The molecule has 1 aliphatic carbocycles. The molecule has 2 rings (SSSR count). The summed E-state index contributed by atoms with van der Waals surface area (Å²) in [5.41, 5.74) is 3.00. The summed E-state index contributed by atoms with van der Waals surface area (Å²) in [6.07, 6.45) is 1.17. The molecule has 1 aromatic rings. The third kappa shape index (κ3) is 1.81. The Balaban J connectivity index is 2.17. The first-order valence-corrected chi connectivity index (χ1v) is 5.75. The molecule has 0 saturated heterocycles. The van der Waals surface area contributed by atoms with E-state index in [1.54, 1.807) is 0 Å². The predicted octanol–water partition coefficient (Wildman–Crippen LogP) is 3.12. The number of aryl methyl sites for hydroxylation is 1. The molecule has 3 atom stereocenters. The lowest BCUT2D eigenvalue weighted by Crippen LogP contribution is -2.09. The SMILES string of the molecule is Cc1ccccc1[C@H](C)[C@@H]1C[C@]1(C)CO. The first kappa shape index (κ1) is 10.7. The fraction of sp³-hybridized carbons (Fsp3) is 0.571. The minimum absolute atomic E-state index is 0.182. The van der Waals surface area contributed by atoms with Crippen LogP contribution in [0.25, 0.3) is 0 Å². The number of hydrogen-bond donors (Lipinski definition) is 1. The Hall–Kier alpha value is -0.820. The molecule has 0 unspecified atom stereocenters. The van der Waals surface area contributed by atoms with E-state index in [0.29, 0.717) is 18.4 Å². The zero-order valence-electron chi connectivity index (χ0n) is 9.83. The summed E-state index contributed by atoms with van der Waals surface area (Å²) in [6, 6.07) is 8.59. The minimum Gasteiger partial charge on any atom is -0.396 e. The minimum atomic E-state index is 0.182. The Bertz CT molecular complexity index is 358. The van der Waals surface area contributed by atoms with Gasteiger partial charge in [-0.2, -0.15) is 0 Å². The van der Waals surface area contributed by atoms with E-state index in [4.69, 9.17) is 0 Å². The van der Waals surface area contributed by atoms with Crippen LogP contribution in [0.5, 0.6) is 0 Å². The van der Waals surface area contributed by atoms with Crippen LogP contribution in [0.4, 0.5) is 0 Å². The van der Waals surface area contributed by atoms with Gasteiger partial charge in [0.1, 0.15) is 0 Å². The van der Waals surface area contributed by atoms with Crippen molar-refractivity contribution in [1.29, 1.82) is 0 Å². The summed E-state index contributed by atoms with van der Waals surface area (Å²) in [5, 5.41) is 9.30. The highest BCUT2D eigenvalue weighted by Gasteiger charge is 2.52. The Morgan fingerprint density at radius 2 is 2.13 bits per heavy atom. The van der Waals surface area contributed by atoms with Crippen LogP contribution in [-0.2, 0) is 0 Å². The van der Waals surface area contributed by atoms with Gasteiger partial charge < -0.3 is 5.11 Å². The third-order valence-corrected chi connectivity index (χ3v) is 4.07. The maximum atomic E-state index is 9.30. The first-order valence-electron chi connectivity index (χ1n) is 5.75. The molecule has 0 heterocycles. The van der Waals surface area contributed by atoms with Crippen molar-refractivity contribution in [2.24, 2.45) is 11.3 Å².